The van der Waals surface area contributed by atoms with Gasteiger partial charge in [0.25, 0.3) is 0 Å². The predicted molar refractivity (Wildman–Crippen MR) is 78.6 cm³/mol. The highest BCUT2D eigenvalue weighted by Gasteiger charge is 2.20. The zero-order valence-corrected chi connectivity index (χ0v) is 12.4. The van der Waals surface area contributed by atoms with Crippen molar-refractivity contribution in [3.05, 3.63) is 35.1 Å². The lowest BCUT2D eigenvalue weighted by molar-refractivity contribution is 0.261. The summed E-state index contributed by atoms with van der Waals surface area (Å²) in [4.78, 5) is 2.32. The first-order valence-corrected chi connectivity index (χ1v) is 7.51. The lowest BCUT2D eigenvalue weighted by Gasteiger charge is -2.21. The highest BCUT2D eigenvalue weighted by molar-refractivity contribution is 5.34. The van der Waals surface area contributed by atoms with Crippen molar-refractivity contribution in [1.82, 2.24) is 4.90 Å². The van der Waals surface area contributed by atoms with Gasteiger partial charge in [-0.3, -0.25) is 4.90 Å². The van der Waals surface area contributed by atoms with Gasteiger partial charge in [0.2, 0.25) is 0 Å². The molecule has 2 rings (SSSR count). The van der Waals surface area contributed by atoms with Crippen LogP contribution in [0.25, 0.3) is 0 Å². The molecule has 1 aromatic rings. The number of hydrogen-bond acceptors (Lipinski definition) is 2. The van der Waals surface area contributed by atoms with Crippen molar-refractivity contribution in [3.63, 3.8) is 0 Å². The molecule has 0 radical (unpaired) electrons. The van der Waals surface area contributed by atoms with Crippen LogP contribution < -0.4 is 0 Å². The van der Waals surface area contributed by atoms with Crippen LogP contribution in [0.15, 0.2) is 18.2 Å². The molecule has 1 aromatic carbocycles. The fourth-order valence-corrected chi connectivity index (χ4v) is 3.04. The summed E-state index contributed by atoms with van der Waals surface area (Å²) in [5, 5.41) is 8.89. The molecule has 0 aromatic heterocycles. The van der Waals surface area contributed by atoms with Gasteiger partial charge in [0.1, 0.15) is 11.9 Å². The standard InChI is InChI=1S/C17H23FN2/c1-13(2)14-7-4-9-20(10-8-14)12-16-6-3-5-15(11-19)17(16)18/h3,5-6,13-14H,4,7-10,12H2,1-2H3. The zero-order valence-electron chi connectivity index (χ0n) is 12.4. The van der Waals surface area contributed by atoms with Crippen LogP contribution >= 0.6 is 0 Å². The van der Waals surface area contributed by atoms with Crippen LogP contribution in [0, 0.1) is 29.0 Å². The Balaban J connectivity index is 2.02. The molecule has 0 amide bonds. The maximum absolute atomic E-state index is 14.1. The molecule has 1 atom stereocenters. The smallest absolute Gasteiger partial charge is 0.145 e. The van der Waals surface area contributed by atoms with Crippen molar-refractivity contribution in [3.8, 4) is 6.07 Å². The predicted octanol–water partition coefficient (Wildman–Crippen LogP) is 3.96. The van der Waals surface area contributed by atoms with Gasteiger partial charge in [0.05, 0.1) is 5.56 Å². The van der Waals surface area contributed by atoms with Gasteiger partial charge in [-0.15, -0.1) is 0 Å². The highest BCUT2D eigenvalue weighted by atomic mass is 19.1. The minimum atomic E-state index is -0.348. The van der Waals surface area contributed by atoms with Crippen LogP contribution in [0.4, 0.5) is 4.39 Å². The Labute approximate surface area is 121 Å². The van der Waals surface area contributed by atoms with Gasteiger partial charge in [-0.1, -0.05) is 26.0 Å². The number of hydrogen-bond donors (Lipinski definition) is 0. The number of nitrogens with zero attached hydrogens (tertiary/aromatic N) is 2. The van der Waals surface area contributed by atoms with E-state index >= 15 is 0 Å². The first-order chi connectivity index (χ1) is 9.61. The van der Waals surface area contributed by atoms with Gasteiger partial charge < -0.3 is 0 Å². The summed E-state index contributed by atoms with van der Waals surface area (Å²) in [7, 11) is 0. The maximum Gasteiger partial charge on any atom is 0.145 e. The molecule has 2 nitrogen and oxygen atoms in total. The Morgan fingerprint density at radius 3 is 2.85 bits per heavy atom. The third-order valence-electron chi connectivity index (χ3n) is 4.40. The normalized spacial score (nSPS) is 20.6. The topological polar surface area (TPSA) is 27.0 Å². The summed E-state index contributed by atoms with van der Waals surface area (Å²) in [6, 6.07) is 7.01. The van der Waals surface area contributed by atoms with Crippen molar-refractivity contribution >= 4 is 0 Å². The van der Waals surface area contributed by atoms with Crippen molar-refractivity contribution in [1.29, 1.82) is 5.26 Å². The summed E-state index contributed by atoms with van der Waals surface area (Å²) in [5.74, 6) is 1.17. The molecule has 3 heteroatoms. The van der Waals surface area contributed by atoms with Gasteiger partial charge in [-0.2, -0.15) is 5.26 Å². The molecule has 20 heavy (non-hydrogen) atoms. The van der Waals surface area contributed by atoms with Crippen molar-refractivity contribution in [2.24, 2.45) is 11.8 Å². The van der Waals surface area contributed by atoms with Gasteiger partial charge in [0, 0.05) is 12.1 Å². The molecule has 0 aliphatic carbocycles. The molecule has 1 aliphatic rings. The molecule has 0 saturated carbocycles. The SMILES string of the molecule is CC(C)C1CCCN(Cc2cccc(C#N)c2F)CC1. The van der Waals surface area contributed by atoms with Crippen molar-refractivity contribution in [2.45, 2.75) is 39.7 Å². The Morgan fingerprint density at radius 2 is 2.15 bits per heavy atom. The van der Waals surface area contributed by atoms with E-state index in [2.05, 4.69) is 18.7 Å². The minimum Gasteiger partial charge on any atom is -0.299 e. The van der Waals surface area contributed by atoms with Crippen molar-refractivity contribution < 1.29 is 4.39 Å². The van der Waals surface area contributed by atoms with Gasteiger partial charge in [0.15, 0.2) is 0 Å². The fourth-order valence-electron chi connectivity index (χ4n) is 3.04. The maximum atomic E-state index is 14.1. The molecular formula is C17H23FN2. The van der Waals surface area contributed by atoms with Gasteiger partial charge in [-0.05, 0) is 50.3 Å². The Kier molecular flexibility index (Phi) is 5.14. The van der Waals surface area contributed by atoms with E-state index in [1.54, 1.807) is 12.1 Å². The lowest BCUT2D eigenvalue weighted by atomic mass is 9.89. The zero-order chi connectivity index (χ0) is 14.5. The van der Waals surface area contributed by atoms with Crippen LogP contribution in [0.3, 0.4) is 0 Å². The average Bonchev–Trinajstić information content (AvgIpc) is 2.67. The third kappa shape index (κ3) is 3.58. The molecule has 0 spiro atoms. The molecule has 1 saturated heterocycles. The van der Waals surface area contributed by atoms with E-state index in [-0.39, 0.29) is 11.4 Å². The fraction of sp³-hybridized carbons (Fsp3) is 0.588. The molecule has 1 aliphatic heterocycles. The molecule has 1 heterocycles. The minimum absolute atomic E-state index is 0.150. The Hall–Kier alpha value is -1.40. The molecule has 108 valence electrons. The number of benzene rings is 1. The van der Waals surface area contributed by atoms with E-state index < -0.39 is 0 Å². The van der Waals surface area contributed by atoms with Gasteiger partial charge in [-0.25, -0.2) is 4.39 Å². The molecular weight excluding hydrogens is 251 g/mol. The van der Waals surface area contributed by atoms with E-state index in [0.717, 1.165) is 24.9 Å². The summed E-state index contributed by atoms with van der Waals surface area (Å²) < 4.78 is 14.1. The third-order valence-corrected chi connectivity index (χ3v) is 4.40. The molecule has 1 fully saturated rings. The van der Waals surface area contributed by atoms with Crippen LogP contribution in [0.5, 0.6) is 0 Å². The highest BCUT2D eigenvalue weighted by Crippen LogP contribution is 2.25. The summed E-state index contributed by atoms with van der Waals surface area (Å²) in [6.45, 7) is 7.25. The van der Waals surface area contributed by atoms with E-state index in [0.29, 0.717) is 12.1 Å². The summed E-state index contributed by atoms with van der Waals surface area (Å²) >= 11 is 0. The second-order valence-corrected chi connectivity index (χ2v) is 6.10. The lowest BCUT2D eigenvalue weighted by Crippen LogP contribution is -2.25. The number of nitriles is 1. The van der Waals surface area contributed by atoms with Gasteiger partial charge >= 0.3 is 0 Å². The molecule has 0 bridgehead atoms. The first-order valence-electron chi connectivity index (χ1n) is 7.51. The van der Waals surface area contributed by atoms with Crippen LogP contribution in [-0.2, 0) is 6.54 Å². The largest absolute Gasteiger partial charge is 0.299 e. The number of rotatable bonds is 3. The summed E-state index contributed by atoms with van der Waals surface area (Å²) in [6.07, 6.45) is 3.65. The molecule has 1 unspecified atom stereocenters. The number of likely N-dealkylation sites (tertiary alicyclic amines) is 1. The Morgan fingerprint density at radius 1 is 1.35 bits per heavy atom. The average molecular weight is 274 g/mol. The monoisotopic (exact) mass is 274 g/mol. The molecule has 0 N–H and O–H groups in total. The van der Waals surface area contributed by atoms with Crippen molar-refractivity contribution in [2.75, 3.05) is 13.1 Å². The quantitative estimate of drug-likeness (QED) is 0.834. The van der Waals surface area contributed by atoms with Crippen LogP contribution in [0.2, 0.25) is 0 Å². The second kappa shape index (κ2) is 6.85. The van der Waals surface area contributed by atoms with E-state index in [4.69, 9.17) is 5.26 Å². The summed E-state index contributed by atoms with van der Waals surface area (Å²) in [5.41, 5.74) is 0.796. The van der Waals surface area contributed by atoms with E-state index in [1.807, 2.05) is 6.07 Å². The van der Waals surface area contributed by atoms with E-state index in [9.17, 15) is 4.39 Å². The van der Waals surface area contributed by atoms with Crippen LogP contribution in [-0.4, -0.2) is 18.0 Å². The Bertz CT molecular complexity index is 490. The van der Waals surface area contributed by atoms with Crippen LogP contribution in [0.1, 0.15) is 44.2 Å². The number of halogens is 1. The first kappa shape index (κ1) is 15.0. The second-order valence-electron chi connectivity index (χ2n) is 6.10. The van der Waals surface area contributed by atoms with E-state index in [1.165, 1.54) is 25.3 Å².